The predicted octanol–water partition coefficient (Wildman–Crippen LogP) is 4.26. The number of carboxylic acids is 1. The molecule has 2 aromatic carbocycles. The van der Waals surface area contributed by atoms with E-state index in [2.05, 4.69) is 24.3 Å². The monoisotopic (exact) mass is 365 g/mol. The van der Waals surface area contributed by atoms with Crippen LogP contribution in [0, 0.1) is 0 Å². The summed E-state index contributed by atoms with van der Waals surface area (Å²) in [6.07, 6.45) is 1.40. The lowest BCUT2D eigenvalue weighted by Gasteiger charge is -2.27. The van der Waals surface area contributed by atoms with E-state index in [9.17, 15) is 14.7 Å². The van der Waals surface area contributed by atoms with Crippen molar-refractivity contribution in [3.8, 4) is 11.1 Å². The number of carboxylic acid groups (broad SMARTS) is 1. The third kappa shape index (κ3) is 2.97. The average Bonchev–Trinajstić information content (AvgIpc) is 3.26. The van der Waals surface area contributed by atoms with Crippen LogP contribution in [0.4, 0.5) is 4.79 Å². The zero-order valence-electron chi connectivity index (χ0n) is 15.3. The van der Waals surface area contributed by atoms with E-state index in [0.29, 0.717) is 12.8 Å². The summed E-state index contributed by atoms with van der Waals surface area (Å²) in [5.41, 5.74) is 4.64. The molecule has 0 spiro atoms. The number of carbonyl (C=O) groups excluding carboxylic acids is 1. The van der Waals surface area contributed by atoms with Gasteiger partial charge in [-0.2, -0.15) is 0 Å². The number of hydrogen-bond donors (Lipinski definition) is 1. The Morgan fingerprint density at radius 1 is 1.04 bits per heavy atom. The molecule has 1 aliphatic heterocycles. The Bertz CT molecular complexity index is 833. The van der Waals surface area contributed by atoms with E-state index in [-0.39, 0.29) is 18.6 Å². The summed E-state index contributed by atoms with van der Waals surface area (Å²) < 4.78 is 5.66. The van der Waals surface area contributed by atoms with Crippen molar-refractivity contribution < 1.29 is 19.4 Å². The van der Waals surface area contributed by atoms with E-state index in [1.165, 1.54) is 16.0 Å². The van der Waals surface area contributed by atoms with Crippen LogP contribution in [-0.4, -0.2) is 40.8 Å². The first kappa shape index (κ1) is 17.6. The van der Waals surface area contributed by atoms with E-state index in [0.717, 1.165) is 17.5 Å². The van der Waals surface area contributed by atoms with Gasteiger partial charge < -0.3 is 9.84 Å². The maximum absolute atomic E-state index is 12.8. The fourth-order valence-electron chi connectivity index (χ4n) is 4.47. The van der Waals surface area contributed by atoms with E-state index < -0.39 is 18.1 Å². The Kier molecular flexibility index (Phi) is 4.60. The van der Waals surface area contributed by atoms with Gasteiger partial charge in [0.25, 0.3) is 0 Å². The summed E-state index contributed by atoms with van der Waals surface area (Å²) in [6, 6.07) is 15.5. The van der Waals surface area contributed by atoms with E-state index in [4.69, 9.17) is 4.74 Å². The number of carbonyl (C=O) groups is 2. The number of ether oxygens (including phenoxy) is 1. The van der Waals surface area contributed by atoms with Crippen LogP contribution >= 0.6 is 0 Å². The largest absolute Gasteiger partial charge is 0.480 e. The normalized spacial score (nSPS) is 21.0. The van der Waals surface area contributed by atoms with Crippen molar-refractivity contribution in [2.75, 3.05) is 6.61 Å². The first-order valence-electron chi connectivity index (χ1n) is 9.48. The fourth-order valence-corrected chi connectivity index (χ4v) is 4.47. The molecular weight excluding hydrogens is 342 g/mol. The number of hydrogen-bond acceptors (Lipinski definition) is 3. The van der Waals surface area contributed by atoms with Crippen molar-refractivity contribution in [1.29, 1.82) is 0 Å². The van der Waals surface area contributed by atoms with Gasteiger partial charge in [0.15, 0.2) is 0 Å². The second-order valence-electron chi connectivity index (χ2n) is 7.20. The van der Waals surface area contributed by atoms with Crippen molar-refractivity contribution in [1.82, 2.24) is 4.90 Å². The standard InChI is InChI=1S/C22H23NO4/c1-2-14-11-12-20(21(24)25)23(14)22(26)27-13-19-17-9-5-3-7-15(17)16-8-4-6-10-18(16)19/h3-10,14,19-20H,2,11-13H2,1H3,(H,24,25). The van der Waals surface area contributed by atoms with Gasteiger partial charge in [0.2, 0.25) is 0 Å². The van der Waals surface area contributed by atoms with Gasteiger partial charge in [-0.1, -0.05) is 55.5 Å². The molecule has 2 aliphatic rings. The van der Waals surface area contributed by atoms with Crippen molar-refractivity contribution in [3.63, 3.8) is 0 Å². The van der Waals surface area contributed by atoms with Crippen LogP contribution in [0.2, 0.25) is 0 Å². The Morgan fingerprint density at radius 3 is 2.19 bits per heavy atom. The summed E-state index contributed by atoms with van der Waals surface area (Å²) in [4.78, 5) is 25.7. The summed E-state index contributed by atoms with van der Waals surface area (Å²) >= 11 is 0. The maximum atomic E-state index is 12.8. The molecule has 0 radical (unpaired) electrons. The lowest BCUT2D eigenvalue weighted by molar-refractivity contribution is -0.142. The molecule has 5 heteroatoms. The van der Waals surface area contributed by atoms with Gasteiger partial charge in [-0.3, -0.25) is 4.90 Å². The number of likely N-dealkylation sites (tertiary alicyclic amines) is 1. The summed E-state index contributed by atoms with van der Waals surface area (Å²) in [6.45, 7) is 2.19. The van der Waals surface area contributed by atoms with Crippen LogP contribution in [0.3, 0.4) is 0 Å². The smallest absolute Gasteiger partial charge is 0.410 e. The first-order chi connectivity index (χ1) is 13.1. The number of rotatable bonds is 4. The number of fused-ring (bicyclic) bond motifs is 3. The van der Waals surface area contributed by atoms with Crippen LogP contribution in [0.15, 0.2) is 48.5 Å². The SMILES string of the molecule is CCC1CCC(C(=O)O)N1C(=O)OCC1c2ccccc2-c2ccccc21. The number of benzene rings is 2. The molecule has 4 rings (SSSR count). The Balaban J connectivity index is 1.55. The minimum atomic E-state index is -0.959. The van der Waals surface area contributed by atoms with Gasteiger partial charge in [0, 0.05) is 12.0 Å². The second-order valence-corrected chi connectivity index (χ2v) is 7.20. The van der Waals surface area contributed by atoms with Gasteiger partial charge >= 0.3 is 12.1 Å². The zero-order valence-corrected chi connectivity index (χ0v) is 15.3. The van der Waals surface area contributed by atoms with Gasteiger partial charge in [-0.05, 0) is 41.5 Å². The third-order valence-electron chi connectivity index (χ3n) is 5.81. The number of aliphatic carboxylic acids is 1. The summed E-state index contributed by atoms with van der Waals surface area (Å²) in [5, 5.41) is 9.44. The fraction of sp³-hybridized carbons (Fsp3) is 0.364. The van der Waals surface area contributed by atoms with Gasteiger partial charge in [-0.25, -0.2) is 9.59 Å². The van der Waals surface area contributed by atoms with Crippen LogP contribution in [-0.2, 0) is 9.53 Å². The number of nitrogens with zero attached hydrogens (tertiary/aromatic N) is 1. The molecule has 2 unspecified atom stereocenters. The predicted molar refractivity (Wildman–Crippen MR) is 102 cm³/mol. The molecule has 2 aromatic rings. The highest BCUT2D eigenvalue weighted by Crippen LogP contribution is 2.44. The molecule has 27 heavy (non-hydrogen) atoms. The molecule has 5 nitrogen and oxygen atoms in total. The van der Waals surface area contributed by atoms with Crippen LogP contribution in [0.5, 0.6) is 0 Å². The zero-order chi connectivity index (χ0) is 19.0. The van der Waals surface area contributed by atoms with Crippen molar-refractivity contribution in [2.24, 2.45) is 0 Å². The van der Waals surface area contributed by atoms with Crippen molar-refractivity contribution >= 4 is 12.1 Å². The maximum Gasteiger partial charge on any atom is 0.410 e. The highest BCUT2D eigenvalue weighted by Gasteiger charge is 2.41. The molecule has 1 fully saturated rings. The molecule has 0 saturated carbocycles. The van der Waals surface area contributed by atoms with Crippen molar-refractivity contribution in [3.05, 3.63) is 59.7 Å². The van der Waals surface area contributed by atoms with Crippen LogP contribution in [0.1, 0.15) is 43.2 Å². The van der Waals surface area contributed by atoms with Gasteiger partial charge in [-0.15, -0.1) is 0 Å². The molecule has 0 aromatic heterocycles. The van der Waals surface area contributed by atoms with E-state index >= 15 is 0 Å². The molecule has 1 heterocycles. The van der Waals surface area contributed by atoms with Gasteiger partial charge in [0.05, 0.1) is 0 Å². The van der Waals surface area contributed by atoms with Gasteiger partial charge in [0.1, 0.15) is 12.6 Å². The molecule has 1 saturated heterocycles. The van der Waals surface area contributed by atoms with E-state index in [1.807, 2.05) is 31.2 Å². The highest BCUT2D eigenvalue weighted by atomic mass is 16.6. The molecular formula is C22H23NO4. The molecule has 1 amide bonds. The molecule has 2 atom stereocenters. The lowest BCUT2D eigenvalue weighted by Crippen LogP contribution is -2.45. The van der Waals surface area contributed by atoms with Crippen molar-refractivity contribution in [2.45, 2.75) is 44.2 Å². The molecule has 0 bridgehead atoms. The summed E-state index contributed by atoms with van der Waals surface area (Å²) in [5.74, 6) is -0.980. The summed E-state index contributed by atoms with van der Waals surface area (Å²) in [7, 11) is 0. The molecule has 1 N–H and O–H groups in total. The number of amides is 1. The highest BCUT2D eigenvalue weighted by molar-refractivity contribution is 5.82. The Hall–Kier alpha value is -2.82. The minimum Gasteiger partial charge on any atom is -0.480 e. The quantitative estimate of drug-likeness (QED) is 0.879. The molecule has 140 valence electrons. The van der Waals surface area contributed by atoms with Crippen LogP contribution in [0.25, 0.3) is 11.1 Å². The second kappa shape index (κ2) is 7.06. The topological polar surface area (TPSA) is 66.8 Å². The third-order valence-corrected chi connectivity index (χ3v) is 5.81. The average molecular weight is 365 g/mol. The Morgan fingerprint density at radius 2 is 1.63 bits per heavy atom. The van der Waals surface area contributed by atoms with E-state index in [1.54, 1.807) is 0 Å². The first-order valence-corrected chi connectivity index (χ1v) is 9.48. The van der Waals surface area contributed by atoms with Crippen LogP contribution < -0.4 is 0 Å². The minimum absolute atomic E-state index is 0.0210. The lowest BCUT2D eigenvalue weighted by atomic mass is 9.98. The Labute approximate surface area is 158 Å². The molecule has 1 aliphatic carbocycles.